The summed E-state index contributed by atoms with van der Waals surface area (Å²) in [7, 11) is 0. The van der Waals surface area contributed by atoms with Crippen molar-refractivity contribution in [3.63, 3.8) is 0 Å². The molecule has 0 aromatic carbocycles. The van der Waals surface area contributed by atoms with Gasteiger partial charge in [0.1, 0.15) is 0 Å². The van der Waals surface area contributed by atoms with Crippen molar-refractivity contribution in [1.82, 2.24) is 0 Å². The third-order valence-electron chi connectivity index (χ3n) is 4.21. The Morgan fingerprint density at radius 3 is 0.714 bits per heavy atom. The van der Waals surface area contributed by atoms with Gasteiger partial charge in [-0.1, -0.05) is 13.3 Å². The lowest BCUT2D eigenvalue weighted by atomic mass is 10.4. The first-order valence-electron chi connectivity index (χ1n) is 12.7. The highest BCUT2D eigenvalue weighted by Crippen LogP contribution is 1.89. The molecule has 0 aliphatic carbocycles. The molecule has 0 saturated heterocycles. The maximum Gasteiger partial charge on any atom is 0.0701 e. The molecule has 0 aliphatic rings. The zero-order valence-corrected chi connectivity index (χ0v) is 22.5. The standard InChI is InChI=1S/C24H49ClO10/c1-2-3-5-26-7-9-28-11-13-30-15-17-32-19-21-34-23-24-35-22-20-33-18-16-31-14-12-29-10-8-27-6-4-25/h2-24H2,1H3. The smallest absolute Gasteiger partial charge is 0.0701 e. The number of hydrogen-bond donors (Lipinski definition) is 0. The molecule has 0 aliphatic heterocycles. The molecule has 10 nitrogen and oxygen atoms in total. The number of hydrogen-bond acceptors (Lipinski definition) is 10. The summed E-state index contributed by atoms with van der Waals surface area (Å²) in [6.45, 7) is 13.4. The van der Waals surface area contributed by atoms with Crippen molar-refractivity contribution in [2.45, 2.75) is 19.8 Å². The summed E-state index contributed by atoms with van der Waals surface area (Å²) < 4.78 is 54.0. The van der Waals surface area contributed by atoms with Crippen molar-refractivity contribution in [1.29, 1.82) is 0 Å². The molecule has 0 rings (SSSR count). The van der Waals surface area contributed by atoms with Crippen LogP contribution >= 0.6 is 11.6 Å². The van der Waals surface area contributed by atoms with Gasteiger partial charge < -0.3 is 47.4 Å². The van der Waals surface area contributed by atoms with Crippen molar-refractivity contribution < 1.29 is 47.4 Å². The average Bonchev–Trinajstić information content (AvgIpc) is 2.87. The Bertz CT molecular complexity index is 337. The van der Waals surface area contributed by atoms with Crippen LogP contribution in [-0.4, -0.2) is 138 Å². The fraction of sp³-hybridized carbons (Fsp3) is 1.00. The van der Waals surface area contributed by atoms with Gasteiger partial charge >= 0.3 is 0 Å². The van der Waals surface area contributed by atoms with Crippen LogP contribution in [0.25, 0.3) is 0 Å². The third-order valence-corrected chi connectivity index (χ3v) is 4.37. The molecule has 0 atom stereocenters. The van der Waals surface area contributed by atoms with E-state index in [0.29, 0.717) is 131 Å². The second-order valence-electron chi connectivity index (χ2n) is 7.17. The number of halogens is 1. The van der Waals surface area contributed by atoms with Crippen LogP contribution in [0.5, 0.6) is 0 Å². The van der Waals surface area contributed by atoms with Crippen molar-refractivity contribution >= 4 is 11.6 Å². The molecule has 0 aromatic rings. The minimum Gasteiger partial charge on any atom is -0.379 e. The average molecular weight is 533 g/mol. The first kappa shape index (κ1) is 34.9. The van der Waals surface area contributed by atoms with Gasteiger partial charge in [0.25, 0.3) is 0 Å². The van der Waals surface area contributed by atoms with Crippen molar-refractivity contribution in [3.05, 3.63) is 0 Å². The van der Waals surface area contributed by atoms with E-state index in [1.54, 1.807) is 0 Å². The molecular weight excluding hydrogens is 484 g/mol. The zero-order chi connectivity index (χ0) is 25.3. The SMILES string of the molecule is CCCCOCCOCCOCCOCCOCCOCCOCCOCCOCCOCCCl. The Labute approximate surface area is 217 Å². The van der Waals surface area contributed by atoms with E-state index in [1.807, 2.05) is 0 Å². The second-order valence-corrected chi connectivity index (χ2v) is 7.54. The van der Waals surface area contributed by atoms with Gasteiger partial charge in [-0.05, 0) is 6.42 Å². The van der Waals surface area contributed by atoms with Crippen molar-refractivity contribution in [2.75, 3.05) is 138 Å². The van der Waals surface area contributed by atoms with Gasteiger partial charge in [-0.2, -0.15) is 0 Å². The molecule has 0 unspecified atom stereocenters. The topological polar surface area (TPSA) is 92.3 Å². The number of rotatable bonds is 32. The van der Waals surface area contributed by atoms with E-state index in [0.717, 1.165) is 19.4 Å². The molecule has 0 saturated carbocycles. The van der Waals surface area contributed by atoms with E-state index < -0.39 is 0 Å². The maximum absolute atomic E-state index is 5.50. The molecule has 0 N–H and O–H groups in total. The summed E-state index contributed by atoms with van der Waals surface area (Å²) in [4.78, 5) is 0. The molecule has 0 bridgehead atoms. The van der Waals surface area contributed by atoms with E-state index in [9.17, 15) is 0 Å². The molecule has 0 heterocycles. The number of ether oxygens (including phenoxy) is 10. The Hall–Kier alpha value is -0.110. The molecular formula is C24H49ClO10. The third kappa shape index (κ3) is 33.9. The zero-order valence-electron chi connectivity index (χ0n) is 21.7. The van der Waals surface area contributed by atoms with Gasteiger partial charge in [-0.25, -0.2) is 0 Å². The van der Waals surface area contributed by atoms with E-state index >= 15 is 0 Å². The molecule has 0 spiro atoms. The maximum atomic E-state index is 5.50. The van der Waals surface area contributed by atoms with Crippen molar-refractivity contribution in [3.8, 4) is 0 Å². The Morgan fingerprint density at radius 2 is 0.514 bits per heavy atom. The van der Waals surface area contributed by atoms with Crippen LogP contribution in [-0.2, 0) is 47.4 Å². The monoisotopic (exact) mass is 532 g/mol. The molecule has 0 aromatic heterocycles. The summed E-state index contributed by atoms with van der Waals surface area (Å²) in [5.74, 6) is 0.502. The van der Waals surface area contributed by atoms with E-state index in [-0.39, 0.29) is 0 Å². The van der Waals surface area contributed by atoms with Crippen LogP contribution in [0.2, 0.25) is 0 Å². The van der Waals surface area contributed by atoms with Gasteiger partial charge in [0.15, 0.2) is 0 Å². The molecule has 0 radical (unpaired) electrons. The van der Waals surface area contributed by atoms with Gasteiger partial charge in [0.05, 0.1) is 126 Å². The minimum atomic E-state index is 0.502. The predicted molar refractivity (Wildman–Crippen MR) is 134 cm³/mol. The van der Waals surface area contributed by atoms with E-state index in [2.05, 4.69) is 6.92 Å². The number of unbranched alkanes of at least 4 members (excludes halogenated alkanes) is 1. The summed E-state index contributed by atoms with van der Waals surface area (Å²) in [6, 6.07) is 0. The van der Waals surface area contributed by atoms with Gasteiger partial charge in [0, 0.05) is 12.5 Å². The van der Waals surface area contributed by atoms with Crippen LogP contribution < -0.4 is 0 Å². The first-order chi connectivity index (χ1) is 17.4. The molecule has 0 fully saturated rings. The van der Waals surface area contributed by atoms with Crippen LogP contribution in [0.1, 0.15) is 19.8 Å². The van der Waals surface area contributed by atoms with Gasteiger partial charge in [0.2, 0.25) is 0 Å². The highest BCUT2D eigenvalue weighted by atomic mass is 35.5. The van der Waals surface area contributed by atoms with Crippen LogP contribution in [0, 0.1) is 0 Å². The van der Waals surface area contributed by atoms with Crippen LogP contribution in [0.4, 0.5) is 0 Å². The molecule has 35 heavy (non-hydrogen) atoms. The predicted octanol–water partition coefficient (Wildman–Crippen LogP) is 2.19. The fourth-order valence-electron chi connectivity index (χ4n) is 2.38. The number of alkyl halides is 1. The lowest BCUT2D eigenvalue weighted by molar-refractivity contribution is -0.0262. The Morgan fingerprint density at radius 1 is 0.314 bits per heavy atom. The van der Waals surface area contributed by atoms with E-state index in [4.69, 9.17) is 59.0 Å². The molecule has 0 amide bonds. The first-order valence-corrected chi connectivity index (χ1v) is 13.3. The molecule has 11 heteroatoms. The highest BCUT2D eigenvalue weighted by molar-refractivity contribution is 6.17. The largest absolute Gasteiger partial charge is 0.379 e. The van der Waals surface area contributed by atoms with Crippen LogP contribution in [0.3, 0.4) is 0 Å². The normalized spacial score (nSPS) is 11.5. The lowest BCUT2D eigenvalue weighted by Gasteiger charge is -2.09. The van der Waals surface area contributed by atoms with Crippen molar-refractivity contribution in [2.24, 2.45) is 0 Å². The summed E-state index contributed by atoms with van der Waals surface area (Å²) in [5, 5.41) is 0. The summed E-state index contributed by atoms with van der Waals surface area (Å²) >= 11 is 5.50. The second kappa shape index (κ2) is 33.9. The minimum absolute atomic E-state index is 0.502. The van der Waals surface area contributed by atoms with Gasteiger partial charge in [-0.3, -0.25) is 0 Å². The highest BCUT2D eigenvalue weighted by Gasteiger charge is 1.95. The Balaban J connectivity index is 3.00. The quantitative estimate of drug-likeness (QED) is 0.0948. The van der Waals surface area contributed by atoms with Crippen LogP contribution in [0.15, 0.2) is 0 Å². The summed E-state index contributed by atoms with van der Waals surface area (Å²) in [5.41, 5.74) is 0. The summed E-state index contributed by atoms with van der Waals surface area (Å²) in [6.07, 6.45) is 2.25. The van der Waals surface area contributed by atoms with E-state index in [1.165, 1.54) is 0 Å². The lowest BCUT2D eigenvalue weighted by Crippen LogP contribution is -2.15. The molecule has 212 valence electrons. The van der Waals surface area contributed by atoms with Gasteiger partial charge in [-0.15, -0.1) is 11.6 Å². The Kier molecular flexibility index (Phi) is 33.8. The fourth-order valence-corrected chi connectivity index (χ4v) is 2.49.